The minimum absolute atomic E-state index is 0.0396. The minimum Gasteiger partial charge on any atom is -0.502 e. The molecular weight excluding hydrogens is 370 g/mol. The lowest BCUT2D eigenvalue weighted by Crippen LogP contribution is -2.31. The molecule has 6 nitrogen and oxygen atoms in total. The van der Waals surface area contributed by atoms with Crippen LogP contribution in [0.4, 0.5) is 5.69 Å². The van der Waals surface area contributed by atoms with E-state index in [0.29, 0.717) is 28.5 Å². The molecule has 29 heavy (non-hydrogen) atoms. The molecule has 3 aromatic carbocycles. The van der Waals surface area contributed by atoms with Crippen molar-refractivity contribution in [3.63, 3.8) is 0 Å². The van der Waals surface area contributed by atoms with Crippen LogP contribution in [-0.4, -0.2) is 24.0 Å². The summed E-state index contributed by atoms with van der Waals surface area (Å²) in [5.74, 6) is -0.0884. The first-order chi connectivity index (χ1) is 14.1. The first-order valence-corrected chi connectivity index (χ1v) is 8.88. The number of anilines is 1. The normalized spacial score (nSPS) is 13.8. The zero-order valence-corrected chi connectivity index (χ0v) is 15.5. The van der Waals surface area contributed by atoms with Crippen molar-refractivity contribution < 1.29 is 24.2 Å². The van der Waals surface area contributed by atoms with Gasteiger partial charge in [-0.05, 0) is 54.1 Å². The molecule has 144 valence electrons. The Hall–Kier alpha value is -4.06. The third-order valence-electron chi connectivity index (χ3n) is 4.51. The van der Waals surface area contributed by atoms with Gasteiger partial charge in [0.15, 0.2) is 5.76 Å². The van der Waals surface area contributed by atoms with E-state index in [1.165, 1.54) is 7.11 Å². The molecule has 0 saturated carbocycles. The highest BCUT2D eigenvalue weighted by molar-refractivity contribution is 6.44. The van der Waals surface area contributed by atoms with E-state index in [4.69, 9.17) is 9.47 Å². The third kappa shape index (κ3) is 3.43. The molecule has 1 heterocycles. The van der Waals surface area contributed by atoms with Gasteiger partial charge in [0.2, 0.25) is 0 Å². The molecule has 0 fully saturated rings. The Bertz CT molecular complexity index is 1090. The fourth-order valence-corrected chi connectivity index (χ4v) is 3.06. The number of hydrogen-bond donors (Lipinski definition) is 1. The predicted octanol–water partition coefficient (Wildman–Crippen LogP) is 4.33. The van der Waals surface area contributed by atoms with Crippen LogP contribution in [0.2, 0.25) is 0 Å². The Kier molecular flexibility index (Phi) is 4.75. The summed E-state index contributed by atoms with van der Waals surface area (Å²) in [5, 5.41) is 10.3. The second-order valence-electron chi connectivity index (χ2n) is 6.31. The molecule has 3 aromatic rings. The third-order valence-corrected chi connectivity index (χ3v) is 4.51. The van der Waals surface area contributed by atoms with E-state index in [0.717, 1.165) is 4.90 Å². The SMILES string of the molecule is COc1ccc(C2=C(O)C(=O)N(c3ccc(Oc4ccccc4)cc3)C2=O)cc1. The van der Waals surface area contributed by atoms with Crippen molar-refractivity contribution in [1.29, 1.82) is 0 Å². The van der Waals surface area contributed by atoms with Gasteiger partial charge in [0.1, 0.15) is 17.2 Å². The lowest BCUT2D eigenvalue weighted by Gasteiger charge is -2.15. The van der Waals surface area contributed by atoms with E-state index in [9.17, 15) is 14.7 Å². The fraction of sp³-hybridized carbons (Fsp3) is 0.0435. The monoisotopic (exact) mass is 387 g/mol. The van der Waals surface area contributed by atoms with Gasteiger partial charge in [-0.1, -0.05) is 30.3 Å². The number of methoxy groups -OCH3 is 1. The number of ether oxygens (including phenoxy) is 2. The number of benzene rings is 3. The molecule has 0 unspecified atom stereocenters. The zero-order chi connectivity index (χ0) is 20.4. The van der Waals surface area contributed by atoms with Crippen molar-refractivity contribution in [2.75, 3.05) is 12.0 Å². The molecule has 2 amide bonds. The second kappa shape index (κ2) is 7.52. The lowest BCUT2D eigenvalue weighted by molar-refractivity contribution is -0.121. The maximum absolute atomic E-state index is 12.9. The van der Waals surface area contributed by atoms with E-state index in [1.54, 1.807) is 48.5 Å². The Labute approximate surface area is 167 Å². The molecule has 0 spiro atoms. The first-order valence-electron chi connectivity index (χ1n) is 8.88. The molecule has 1 N–H and O–H groups in total. The second-order valence-corrected chi connectivity index (χ2v) is 6.31. The molecule has 0 aromatic heterocycles. The number of para-hydroxylation sites is 1. The molecule has 0 radical (unpaired) electrons. The van der Waals surface area contributed by atoms with Crippen LogP contribution in [-0.2, 0) is 9.59 Å². The molecule has 1 aliphatic rings. The number of nitrogens with zero attached hydrogens (tertiary/aromatic N) is 1. The average molecular weight is 387 g/mol. The highest BCUT2D eigenvalue weighted by Crippen LogP contribution is 2.33. The number of aliphatic hydroxyl groups is 1. The van der Waals surface area contributed by atoms with E-state index in [2.05, 4.69) is 0 Å². The van der Waals surface area contributed by atoms with Gasteiger partial charge >= 0.3 is 5.91 Å². The van der Waals surface area contributed by atoms with E-state index in [1.807, 2.05) is 30.3 Å². The number of amides is 2. The van der Waals surface area contributed by atoms with Crippen molar-refractivity contribution in [2.24, 2.45) is 0 Å². The number of imide groups is 1. The number of rotatable bonds is 5. The molecule has 0 saturated heterocycles. The largest absolute Gasteiger partial charge is 0.502 e. The maximum Gasteiger partial charge on any atom is 0.301 e. The first kappa shape index (κ1) is 18.3. The summed E-state index contributed by atoms with van der Waals surface area (Å²) in [7, 11) is 1.53. The Morgan fingerprint density at radius 3 is 1.93 bits per heavy atom. The topological polar surface area (TPSA) is 76.1 Å². The average Bonchev–Trinajstić information content (AvgIpc) is 2.98. The summed E-state index contributed by atoms with van der Waals surface area (Å²) in [4.78, 5) is 26.4. The van der Waals surface area contributed by atoms with Crippen LogP contribution in [0.25, 0.3) is 5.57 Å². The summed E-state index contributed by atoms with van der Waals surface area (Å²) >= 11 is 0. The molecule has 4 rings (SSSR count). The van der Waals surface area contributed by atoms with Gasteiger partial charge in [-0.15, -0.1) is 0 Å². The summed E-state index contributed by atoms with van der Waals surface area (Å²) in [6.45, 7) is 0. The van der Waals surface area contributed by atoms with Gasteiger partial charge < -0.3 is 14.6 Å². The molecular formula is C23H17NO5. The summed E-state index contributed by atoms with van der Waals surface area (Å²) in [6, 6.07) is 22.3. The molecule has 0 bridgehead atoms. The fourth-order valence-electron chi connectivity index (χ4n) is 3.06. The van der Waals surface area contributed by atoms with Crippen LogP contribution in [0.3, 0.4) is 0 Å². The van der Waals surface area contributed by atoms with Gasteiger partial charge in [0, 0.05) is 0 Å². The Morgan fingerprint density at radius 1 is 0.724 bits per heavy atom. The van der Waals surface area contributed by atoms with Crippen molar-refractivity contribution in [2.45, 2.75) is 0 Å². The Morgan fingerprint density at radius 2 is 1.31 bits per heavy atom. The van der Waals surface area contributed by atoms with Gasteiger partial charge in [0.25, 0.3) is 5.91 Å². The number of carbonyl (C=O) groups is 2. The maximum atomic E-state index is 12.9. The number of hydrogen-bond acceptors (Lipinski definition) is 5. The van der Waals surface area contributed by atoms with Gasteiger partial charge in [-0.2, -0.15) is 0 Å². The molecule has 0 atom stereocenters. The van der Waals surface area contributed by atoms with Gasteiger partial charge in [-0.3, -0.25) is 9.59 Å². The quantitative estimate of drug-likeness (QED) is 0.660. The number of carbonyl (C=O) groups excluding carboxylic acids is 2. The highest BCUT2D eigenvalue weighted by atomic mass is 16.5. The van der Waals surface area contributed by atoms with Crippen molar-refractivity contribution >= 4 is 23.1 Å². The molecule has 6 heteroatoms. The zero-order valence-electron chi connectivity index (χ0n) is 15.5. The van der Waals surface area contributed by atoms with Crippen LogP contribution in [0.1, 0.15) is 5.56 Å². The molecule has 1 aliphatic heterocycles. The Balaban J connectivity index is 1.58. The minimum atomic E-state index is -0.766. The lowest BCUT2D eigenvalue weighted by atomic mass is 10.1. The predicted molar refractivity (Wildman–Crippen MR) is 108 cm³/mol. The van der Waals surface area contributed by atoms with Crippen molar-refractivity contribution in [3.05, 3.63) is 90.2 Å². The van der Waals surface area contributed by atoms with E-state index >= 15 is 0 Å². The highest BCUT2D eigenvalue weighted by Gasteiger charge is 2.40. The van der Waals surface area contributed by atoms with Crippen LogP contribution in [0, 0.1) is 0 Å². The van der Waals surface area contributed by atoms with Crippen LogP contribution >= 0.6 is 0 Å². The smallest absolute Gasteiger partial charge is 0.301 e. The van der Waals surface area contributed by atoms with Crippen LogP contribution in [0.5, 0.6) is 17.2 Å². The van der Waals surface area contributed by atoms with Crippen LogP contribution < -0.4 is 14.4 Å². The standard InChI is InChI=1S/C23H17NO5/c1-28-17-11-7-15(8-12-17)20-21(25)23(27)24(22(20)26)16-9-13-19(14-10-16)29-18-5-3-2-4-6-18/h2-14,25H,1H3. The van der Waals surface area contributed by atoms with E-state index < -0.39 is 17.6 Å². The summed E-state index contributed by atoms with van der Waals surface area (Å²) < 4.78 is 10.8. The summed E-state index contributed by atoms with van der Waals surface area (Å²) in [6.07, 6.45) is 0. The van der Waals surface area contributed by atoms with Crippen LogP contribution in [0.15, 0.2) is 84.6 Å². The van der Waals surface area contributed by atoms with E-state index in [-0.39, 0.29) is 5.57 Å². The van der Waals surface area contributed by atoms with Gasteiger partial charge in [0.05, 0.1) is 18.4 Å². The van der Waals surface area contributed by atoms with Crippen molar-refractivity contribution in [3.8, 4) is 17.2 Å². The number of aliphatic hydroxyl groups excluding tert-OH is 1. The van der Waals surface area contributed by atoms with Gasteiger partial charge in [-0.25, -0.2) is 4.90 Å². The summed E-state index contributed by atoms with van der Waals surface area (Å²) in [5.41, 5.74) is 0.742. The molecule has 0 aliphatic carbocycles. The van der Waals surface area contributed by atoms with Crippen molar-refractivity contribution in [1.82, 2.24) is 0 Å².